The molecular formula is C15H25N3O2. The number of carbonyl (C=O) groups is 1. The molecular weight excluding hydrogens is 254 g/mol. The molecule has 0 heterocycles. The van der Waals surface area contributed by atoms with Crippen molar-refractivity contribution in [2.75, 3.05) is 40.0 Å². The maximum Gasteiger partial charge on any atom is 0.179 e. The maximum atomic E-state index is 12.3. The quantitative estimate of drug-likeness (QED) is 0.427. The topological polar surface area (TPSA) is 67.6 Å². The molecule has 5 heteroatoms. The molecule has 0 fully saturated rings. The molecule has 1 aromatic carbocycles. The average molecular weight is 279 g/mol. The lowest BCUT2D eigenvalue weighted by molar-refractivity contribution is 0.0951. The zero-order valence-corrected chi connectivity index (χ0v) is 12.8. The van der Waals surface area contributed by atoms with Gasteiger partial charge in [0.25, 0.3) is 0 Å². The van der Waals surface area contributed by atoms with Crippen molar-refractivity contribution < 1.29 is 9.53 Å². The van der Waals surface area contributed by atoms with Crippen molar-refractivity contribution in [2.45, 2.75) is 19.4 Å². The lowest BCUT2D eigenvalue weighted by atomic mass is 10.0. The predicted molar refractivity (Wildman–Crippen MR) is 82.4 cm³/mol. The van der Waals surface area contributed by atoms with Gasteiger partial charge in [0.15, 0.2) is 5.78 Å². The van der Waals surface area contributed by atoms with Crippen LogP contribution in [0.25, 0.3) is 0 Å². The SMILES string of the molecule is COc1ccc(C(=O)C(C)NCCCN(C)C)cc1N. The summed E-state index contributed by atoms with van der Waals surface area (Å²) in [4.78, 5) is 14.4. The second-order valence-corrected chi connectivity index (χ2v) is 5.15. The number of nitrogens with one attached hydrogen (secondary N) is 1. The van der Waals surface area contributed by atoms with Crippen LogP contribution in [-0.4, -0.2) is 51.0 Å². The van der Waals surface area contributed by atoms with Crippen LogP contribution in [0.3, 0.4) is 0 Å². The van der Waals surface area contributed by atoms with Crippen molar-refractivity contribution in [3.8, 4) is 5.75 Å². The molecule has 0 amide bonds. The standard InChI is InChI=1S/C15H25N3O2/c1-11(17-8-5-9-18(2)3)15(19)12-6-7-14(20-4)13(16)10-12/h6-7,10-11,17H,5,8-9,16H2,1-4H3. The van der Waals surface area contributed by atoms with Gasteiger partial charge in [0.1, 0.15) is 5.75 Å². The number of anilines is 1. The fourth-order valence-corrected chi connectivity index (χ4v) is 1.94. The molecule has 0 aromatic heterocycles. The number of ketones is 1. The van der Waals surface area contributed by atoms with Crippen LogP contribution in [0.2, 0.25) is 0 Å². The smallest absolute Gasteiger partial charge is 0.179 e. The summed E-state index contributed by atoms with van der Waals surface area (Å²) in [5.41, 5.74) is 6.91. The summed E-state index contributed by atoms with van der Waals surface area (Å²) in [6.45, 7) is 3.69. The van der Waals surface area contributed by atoms with E-state index in [0.29, 0.717) is 17.0 Å². The fraction of sp³-hybridized carbons (Fsp3) is 0.533. The van der Waals surface area contributed by atoms with Crippen LogP contribution in [0.1, 0.15) is 23.7 Å². The van der Waals surface area contributed by atoms with Crippen LogP contribution in [0.15, 0.2) is 18.2 Å². The van der Waals surface area contributed by atoms with Gasteiger partial charge in [-0.25, -0.2) is 0 Å². The minimum Gasteiger partial charge on any atom is -0.495 e. The molecule has 0 aliphatic carbocycles. The van der Waals surface area contributed by atoms with Gasteiger partial charge in [-0.05, 0) is 58.7 Å². The molecule has 0 radical (unpaired) electrons. The van der Waals surface area contributed by atoms with Crippen LogP contribution in [0, 0.1) is 0 Å². The normalized spacial score (nSPS) is 12.4. The summed E-state index contributed by atoms with van der Waals surface area (Å²) >= 11 is 0. The Morgan fingerprint density at radius 3 is 2.70 bits per heavy atom. The molecule has 1 rings (SSSR count). The van der Waals surface area contributed by atoms with Crippen LogP contribution in [0.4, 0.5) is 5.69 Å². The van der Waals surface area contributed by atoms with Crippen LogP contribution in [-0.2, 0) is 0 Å². The molecule has 112 valence electrons. The molecule has 0 bridgehead atoms. The first-order chi connectivity index (χ1) is 9.45. The molecule has 0 aliphatic rings. The van der Waals surface area contributed by atoms with Gasteiger partial charge in [-0.3, -0.25) is 4.79 Å². The summed E-state index contributed by atoms with van der Waals surface area (Å²) in [6.07, 6.45) is 1.01. The van der Waals surface area contributed by atoms with Gasteiger partial charge in [0.2, 0.25) is 0 Å². The Bertz CT molecular complexity index is 447. The minimum absolute atomic E-state index is 0.0456. The summed E-state index contributed by atoms with van der Waals surface area (Å²) in [6, 6.07) is 4.92. The van der Waals surface area contributed by atoms with E-state index in [9.17, 15) is 4.79 Å². The lowest BCUT2D eigenvalue weighted by Crippen LogP contribution is -2.35. The molecule has 1 aromatic rings. The number of benzene rings is 1. The van der Waals surface area contributed by atoms with Gasteiger partial charge in [-0.1, -0.05) is 0 Å². The van der Waals surface area contributed by atoms with E-state index < -0.39 is 0 Å². The third-order valence-corrected chi connectivity index (χ3v) is 3.14. The van der Waals surface area contributed by atoms with Gasteiger partial charge >= 0.3 is 0 Å². The van der Waals surface area contributed by atoms with Gasteiger partial charge in [0.05, 0.1) is 18.8 Å². The largest absolute Gasteiger partial charge is 0.495 e. The number of Topliss-reactive ketones (excluding diaryl/α,β-unsaturated/α-hetero) is 1. The minimum atomic E-state index is -0.218. The van der Waals surface area contributed by atoms with Crippen molar-refractivity contribution in [2.24, 2.45) is 0 Å². The Labute approximate surface area is 121 Å². The van der Waals surface area contributed by atoms with E-state index in [-0.39, 0.29) is 11.8 Å². The summed E-state index contributed by atoms with van der Waals surface area (Å²) in [5, 5.41) is 3.24. The summed E-state index contributed by atoms with van der Waals surface area (Å²) < 4.78 is 5.09. The third-order valence-electron chi connectivity index (χ3n) is 3.14. The lowest BCUT2D eigenvalue weighted by Gasteiger charge is -2.15. The predicted octanol–water partition coefficient (Wildman–Crippen LogP) is 1.39. The van der Waals surface area contributed by atoms with Gasteiger partial charge in [-0.15, -0.1) is 0 Å². The number of nitrogens with zero attached hydrogens (tertiary/aromatic N) is 1. The molecule has 1 unspecified atom stereocenters. The van der Waals surface area contributed by atoms with Crippen LogP contribution < -0.4 is 15.8 Å². The second-order valence-electron chi connectivity index (χ2n) is 5.15. The van der Waals surface area contributed by atoms with Crippen molar-refractivity contribution >= 4 is 11.5 Å². The van der Waals surface area contributed by atoms with E-state index in [1.54, 1.807) is 25.3 Å². The van der Waals surface area contributed by atoms with Gasteiger partial charge in [0, 0.05) is 5.56 Å². The number of nitrogens with two attached hydrogens (primary N) is 1. The first-order valence-electron chi connectivity index (χ1n) is 6.81. The van der Waals surface area contributed by atoms with Crippen molar-refractivity contribution in [3.05, 3.63) is 23.8 Å². The Balaban J connectivity index is 2.54. The molecule has 0 saturated heterocycles. The van der Waals surface area contributed by atoms with E-state index in [1.165, 1.54) is 0 Å². The summed E-state index contributed by atoms with van der Waals surface area (Å²) in [5.74, 6) is 0.636. The van der Waals surface area contributed by atoms with Crippen LogP contribution in [0.5, 0.6) is 5.75 Å². The van der Waals surface area contributed by atoms with E-state index in [2.05, 4.69) is 10.2 Å². The number of hydrogen-bond acceptors (Lipinski definition) is 5. The molecule has 0 spiro atoms. The highest BCUT2D eigenvalue weighted by atomic mass is 16.5. The number of carbonyl (C=O) groups excluding carboxylic acids is 1. The second kappa shape index (κ2) is 7.87. The Morgan fingerprint density at radius 1 is 1.45 bits per heavy atom. The van der Waals surface area contributed by atoms with Gasteiger partial charge in [-0.2, -0.15) is 0 Å². The summed E-state index contributed by atoms with van der Waals surface area (Å²) in [7, 11) is 5.63. The van der Waals surface area contributed by atoms with Gasteiger partial charge < -0.3 is 20.7 Å². The Morgan fingerprint density at radius 2 is 2.15 bits per heavy atom. The van der Waals surface area contributed by atoms with E-state index in [4.69, 9.17) is 10.5 Å². The number of methoxy groups -OCH3 is 1. The van der Waals surface area contributed by atoms with Crippen LogP contribution >= 0.6 is 0 Å². The first kappa shape index (κ1) is 16.5. The molecule has 0 aliphatic heterocycles. The zero-order valence-electron chi connectivity index (χ0n) is 12.8. The zero-order chi connectivity index (χ0) is 15.1. The maximum absolute atomic E-state index is 12.3. The van der Waals surface area contributed by atoms with E-state index in [1.807, 2.05) is 21.0 Å². The van der Waals surface area contributed by atoms with E-state index in [0.717, 1.165) is 19.5 Å². The molecule has 0 saturated carbocycles. The number of rotatable bonds is 8. The van der Waals surface area contributed by atoms with E-state index >= 15 is 0 Å². The first-order valence-corrected chi connectivity index (χ1v) is 6.81. The van der Waals surface area contributed by atoms with Crippen molar-refractivity contribution in [3.63, 3.8) is 0 Å². The number of nitrogen functional groups attached to an aromatic ring is 1. The fourth-order valence-electron chi connectivity index (χ4n) is 1.94. The number of ether oxygens (including phenoxy) is 1. The third kappa shape index (κ3) is 4.83. The number of hydrogen-bond donors (Lipinski definition) is 2. The molecule has 5 nitrogen and oxygen atoms in total. The molecule has 3 N–H and O–H groups in total. The van der Waals surface area contributed by atoms with Crippen molar-refractivity contribution in [1.29, 1.82) is 0 Å². The van der Waals surface area contributed by atoms with Crippen molar-refractivity contribution in [1.82, 2.24) is 10.2 Å². The Hall–Kier alpha value is -1.59. The highest BCUT2D eigenvalue weighted by molar-refractivity contribution is 6.00. The molecule has 20 heavy (non-hydrogen) atoms. The molecule has 1 atom stereocenters. The average Bonchev–Trinajstić information content (AvgIpc) is 2.42. The highest BCUT2D eigenvalue weighted by Crippen LogP contribution is 2.22. The monoisotopic (exact) mass is 279 g/mol. The highest BCUT2D eigenvalue weighted by Gasteiger charge is 2.15. The Kier molecular flexibility index (Phi) is 6.48.